The Labute approximate surface area is 152 Å². The zero-order chi connectivity index (χ0) is 18.2. The predicted octanol–water partition coefficient (Wildman–Crippen LogP) is 2.35. The van der Waals surface area contributed by atoms with Crippen molar-refractivity contribution in [1.29, 1.82) is 0 Å². The van der Waals surface area contributed by atoms with Crippen molar-refractivity contribution in [3.63, 3.8) is 0 Å². The van der Waals surface area contributed by atoms with Crippen LogP contribution >= 0.6 is 0 Å². The van der Waals surface area contributed by atoms with Crippen LogP contribution in [0.15, 0.2) is 35.4 Å². The van der Waals surface area contributed by atoms with Crippen LogP contribution in [0.4, 0.5) is 0 Å². The van der Waals surface area contributed by atoms with E-state index in [9.17, 15) is 8.42 Å². The summed E-state index contributed by atoms with van der Waals surface area (Å²) in [4.78, 5) is 4.74. The molecule has 1 aromatic heterocycles. The lowest BCUT2D eigenvalue weighted by atomic mass is 10.1. The molecule has 5 nitrogen and oxygen atoms in total. The molecule has 0 spiro atoms. The second-order valence-corrected chi connectivity index (χ2v) is 12.2. The third-order valence-corrected chi connectivity index (χ3v) is 7.67. The highest BCUT2D eigenvalue weighted by Gasteiger charge is 2.30. The minimum absolute atomic E-state index is 0.0328. The fraction of sp³-hybridized carbons (Fsp3) is 0.500. The number of pyridine rings is 1. The molecule has 0 N–H and O–H groups in total. The van der Waals surface area contributed by atoms with E-state index in [2.05, 4.69) is 25.8 Å². The van der Waals surface area contributed by atoms with Gasteiger partial charge in [0, 0.05) is 34.9 Å². The summed E-state index contributed by atoms with van der Waals surface area (Å²) in [5.74, 6) is 0.646. The Morgan fingerprint density at radius 1 is 1.24 bits per heavy atom. The van der Waals surface area contributed by atoms with Crippen LogP contribution in [0.5, 0.6) is 5.75 Å². The van der Waals surface area contributed by atoms with Gasteiger partial charge in [0.15, 0.2) is 0 Å². The first-order valence-corrected chi connectivity index (χ1v) is 11.2. The third-order valence-electron chi connectivity index (χ3n) is 4.90. The molecule has 136 valence electrons. The van der Waals surface area contributed by atoms with Gasteiger partial charge in [-0.1, -0.05) is 13.8 Å². The minimum Gasteiger partial charge on any atom is -0.488 e. The second-order valence-electron chi connectivity index (χ2n) is 7.70. The number of aromatic nitrogens is 1. The summed E-state index contributed by atoms with van der Waals surface area (Å²) in [6, 6.07) is 7.01. The highest BCUT2D eigenvalue weighted by molar-refractivity contribution is 7.89. The van der Waals surface area contributed by atoms with Crippen LogP contribution in [0.1, 0.15) is 33.6 Å². The summed E-state index contributed by atoms with van der Waals surface area (Å²) in [6.07, 6.45) is 3.55. The van der Waals surface area contributed by atoms with Gasteiger partial charge in [-0.15, -0.1) is 0 Å². The topological polar surface area (TPSA) is 59.5 Å². The van der Waals surface area contributed by atoms with Gasteiger partial charge in [0.2, 0.25) is 10.0 Å². The minimum atomic E-state index is -3.49. The first-order chi connectivity index (χ1) is 11.7. The molecule has 0 amide bonds. The molecule has 1 aliphatic rings. The maximum absolute atomic E-state index is 13.0. The molecule has 0 bridgehead atoms. The number of rotatable bonds is 5. The van der Waals surface area contributed by atoms with E-state index in [1.807, 2.05) is 6.07 Å². The van der Waals surface area contributed by atoms with Gasteiger partial charge in [0.05, 0.1) is 11.0 Å². The molecule has 0 saturated carbocycles. The standard InChI is InChI=1S/C18H26N2O3SSi/c1-13(18(2,3)25)23-15-8-9-16(14-7-6-10-19-17(14)15)24(21,22)20-11-4-5-12-20/h6-10,13H,4-5,11-12H2,1-3,25H3. The molecule has 2 heterocycles. The van der Waals surface area contributed by atoms with E-state index in [0.717, 1.165) is 23.1 Å². The van der Waals surface area contributed by atoms with Gasteiger partial charge >= 0.3 is 0 Å². The zero-order valence-electron chi connectivity index (χ0n) is 15.3. The molecule has 1 aliphatic heterocycles. The van der Waals surface area contributed by atoms with Crippen LogP contribution in [-0.2, 0) is 10.0 Å². The number of nitrogens with zero attached hydrogens (tertiary/aromatic N) is 2. The van der Waals surface area contributed by atoms with Gasteiger partial charge in [-0.25, -0.2) is 8.42 Å². The fourth-order valence-electron chi connectivity index (χ4n) is 2.88. The van der Waals surface area contributed by atoms with E-state index in [0.29, 0.717) is 34.6 Å². The Hall–Kier alpha value is -1.44. The van der Waals surface area contributed by atoms with Crippen molar-refractivity contribution in [1.82, 2.24) is 9.29 Å². The Morgan fingerprint density at radius 2 is 1.92 bits per heavy atom. The van der Waals surface area contributed by atoms with Crippen LogP contribution in [0.25, 0.3) is 10.9 Å². The van der Waals surface area contributed by atoms with Crippen LogP contribution in [0, 0.1) is 0 Å². The summed E-state index contributed by atoms with van der Waals surface area (Å²) >= 11 is 0. The van der Waals surface area contributed by atoms with Gasteiger partial charge in [-0.2, -0.15) is 4.31 Å². The molecule has 7 heteroatoms. The van der Waals surface area contributed by atoms with E-state index in [1.54, 1.807) is 28.7 Å². The summed E-state index contributed by atoms with van der Waals surface area (Å²) in [7, 11) is -2.49. The average Bonchev–Trinajstić information content (AvgIpc) is 3.09. The number of fused-ring (bicyclic) bond motifs is 1. The lowest BCUT2D eigenvalue weighted by molar-refractivity contribution is 0.182. The molecule has 1 fully saturated rings. The molecular formula is C18H26N2O3SSi. The Morgan fingerprint density at radius 3 is 2.56 bits per heavy atom. The van der Waals surface area contributed by atoms with Gasteiger partial charge in [0.25, 0.3) is 0 Å². The van der Waals surface area contributed by atoms with Crippen molar-refractivity contribution in [2.24, 2.45) is 0 Å². The number of benzene rings is 1. The average molecular weight is 379 g/mol. The summed E-state index contributed by atoms with van der Waals surface area (Å²) in [5.41, 5.74) is 0.612. The van der Waals surface area contributed by atoms with Crippen LogP contribution in [0.2, 0.25) is 5.04 Å². The van der Waals surface area contributed by atoms with E-state index >= 15 is 0 Å². The third kappa shape index (κ3) is 3.59. The largest absolute Gasteiger partial charge is 0.488 e. The zero-order valence-corrected chi connectivity index (χ0v) is 18.1. The van der Waals surface area contributed by atoms with E-state index in [4.69, 9.17) is 4.74 Å². The molecule has 0 aliphatic carbocycles. The molecule has 25 heavy (non-hydrogen) atoms. The van der Waals surface area contributed by atoms with E-state index in [-0.39, 0.29) is 11.1 Å². The van der Waals surface area contributed by atoms with E-state index in [1.165, 1.54) is 0 Å². The van der Waals surface area contributed by atoms with Gasteiger partial charge in [0.1, 0.15) is 11.3 Å². The first kappa shape index (κ1) is 18.4. The summed E-state index contributed by atoms with van der Waals surface area (Å²) < 4.78 is 33.7. The summed E-state index contributed by atoms with van der Waals surface area (Å²) in [5, 5.41) is 0.742. The van der Waals surface area contributed by atoms with Crippen molar-refractivity contribution < 1.29 is 13.2 Å². The monoisotopic (exact) mass is 378 g/mol. The fourth-order valence-corrected chi connectivity index (χ4v) is 4.69. The molecule has 3 rings (SSSR count). The maximum Gasteiger partial charge on any atom is 0.243 e. The number of hydrogen-bond acceptors (Lipinski definition) is 4. The van der Waals surface area contributed by atoms with Gasteiger partial charge < -0.3 is 4.74 Å². The molecular weight excluding hydrogens is 352 g/mol. The highest BCUT2D eigenvalue weighted by Crippen LogP contribution is 2.35. The highest BCUT2D eigenvalue weighted by atomic mass is 32.2. The van der Waals surface area contributed by atoms with Crippen molar-refractivity contribution in [2.45, 2.75) is 49.7 Å². The molecule has 1 atom stereocenters. The normalized spacial score (nSPS) is 17.9. The molecule has 2 aromatic rings. The van der Waals surface area contributed by atoms with Gasteiger partial charge in [-0.3, -0.25) is 4.98 Å². The lowest BCUT2D eigenvalue weighted by Gasteiger charge is -2.28. The second kappa shape index (κ2) is 6.70. The molecule has 1 saturated heterocycles. The van der Waals surface area contributed by atoms with Crippen molar-refractivity contribution in [3.05, 3.63) is 30.5 Å². The first-order valence-electron chi connectivity index (χ1n) is 8.76. The quantitative estimate of drug-likeness (QED) is 0.750. The Bertz CT molecular complexity index is 872. The molecule has 1 aromatic carbocycles. The molecule has 0 radical (unpaired) electrons. The SMILES string of the molecule is CC(Oc1ccc(S(=O)(=O)N2CCCC2)c2cccnc12)C(C)(C)[SiH3]. The Kier molecular flexibility index (Phi) is 4.92. The van der Waals surface area contributed by atoms with Crippen molar-refractivity contribution in [2.75, 3.05) is 13.1 Å². The summed E-state index contributed by atoms with van der Waals surface area (Å²) in [6.45, 7) is 7.58. The van der Waals surface area contributed by atoms with Crippen LogP contribution < -0.4 is 4.74 Å². The van der Waals surface area contributed by atoms with E-state index < -0.39 is 10.0 Å². The number of ether oxygens (including phenoxy) is 1. The van der Waals surface area contributed by atoms with Crippen molar-refractivity contribution in [3.8, 4) is 5.75 Å². The number of hydrogen-bond donors (Lipinski definition) is 0. The predicted molar refractivity (Wildman–Crippen MR) is 104 cm³/mol. The Balaban J connectivity index is 2.08. The van der Waals surface area contributed by atoms with Crippen molar-refractivity contribution >= 4 is 31.2 Å². The number of sulfonamides is 1. The lowest BCUT2D eigenvalue weighted by Crippen LogP contribution is -2.28. The molecule has 1 unspecified atom stereocenters. The smallest absolute Gasteiger partial charge is 0.243 e. The van der Waals surface area contributed by atoms with Crippen LogP contribution in [0.3, 0.4) is 0 Å². The van der Waals surface area contributed by atoms with Gasteiger partial charge in [-0.05, 0) is 49.1 Å². The maximum atomic E-state index is 13.0. The van der Waals surface area contributed by atoms with Crippen LogP contribution in [-0.4, -0.2) is 47.1 Å².